The van der Waals surface area contributed by atoms with Crippen LogP contribution in [0.15, 0.2) is 24.3 Å². The molecule has 0 spiro atoms. The number of aryl methyl sites for hydroxylation is 4. The highest BCUT2D eigenvalue weighted by atomic mass is 16.7. The molecule has 0 saturated heterocycles. The second-order valence-corrected chi connectivity index (χ2v) is 8.24. The van der Waals surface area contributed by atoms with E-state index in [0.717, 1.165) is 50.6 Å². The highest BCUT2D eigenvalue weighted by molar-refractivity contribution is 5.93. The van der Waals surface area contributed by atoms with Crippen LogP contribution in [0.1, 0.15) is 40.2 Å². The molecule has 4 heterocycles. The zero-order chi connectivity index (χ0) is 22.4. The van der Waals surface area contributed by atoms with Gasteiger partial charge in [-0.2, -0.15) is 0 Å². The number of benzene rings is 1. The standard InChI is InChI=1S/C24H25N5O3/c1-13-9-14(2)26-23-22(13)24-27-15(3)18(16(4)29(24)28-23)6-8-21(30)25-11-17-5-7-19-20(10-17)32-12-31-19/h5,7,9-10H,6,8,11-12H2,1-4H3,(H,25,30). The lowest BCUT2D eigenvalue weighted by molar-refractivity contribution is -0.121. The molecule has 0 saturated carbocycles. The molecule has 164 valence electrons. The van der Waals surface area contributed by atoms with Crippen LogP contribution in [0.5, 0.6) is 11.5 Å². The summed E-state index contributed by atoms with van der Waals surface area (Å²) >= 11 is 0. The summed E-state index contributed by atoms with van der Waals surface area (Å²) in [5.74, 6) is 1.44. The summed E-state index contributed by atoms with van der Waals surface area (Å²) in [5, 5.41) is 8.66. The van der Waals surface area contributed by atoms with E-state index in [2.05, 4.69) is 23.3 Å². The zero-order valence-corrected chi connectivity index (χ0v) is 18.7. The van der Waals surface area contributed by atoms with Crippen molar-refractivity contribution in [1.29, 1.82) is 0 Å². The van der Waals surface area contributed by atoms with Crippen molar-refractivity contribution in [2.75, 3.05) is 6.79 Å². The van der Waals surface area contributed by atoms with E-state index in [9.17, 15) is 4.79 Å². The van der Waals surface area contributed by atoms with E-state index in [-0.39, 0.29) is 12.7 Å². The molecule has 0 aliphatic carbocycles. The molecular formula is C24H25N5O3. The molecule has 1 N–H and O–H groups in total. The number of rotatable bonds is 5. The second kappa shape index (κ2) is 7.78. The molecule has 8 nitrogen and oxygen atoms in total. The van der Waals surface area contributed by atoms with Gasteiger partial charge in [0, 0.05) is 30.0 Å². The van der Waals surface area contributed by atoms with Gasteiger partial charge in [0.05, 0.1) is 5.39 Å². The first-order valence-electron chi connectivity index (χ1n) is 10.7. The van der Waals surface area contributed by atoms with Crippen LogP contribution in [-0.2, 0) is 17.8 Å². The van der Waals surface area contributed by atoms with E-state index in [0.29, 0.717) is 30.8 Å². The monoisotopic (exact) mass is 431 g/mol. The largest absolute Gasteiger partial charge is 0.454 e. The van der Waals surface area contributed by atoms with Crippen LogP contribution < -0.4 is 14.8 Å². The molecule has 0 radical (unpaired) electrons. The second-order valence-electron chi connectivity index (χ2n) is 8.24. The summed E-state index contributed by atoms with van der Waals surface area (Å²) in [6.07, 6.45) is 0.964. The number of nitrogens with one attached hydrogen (secondary N) is 1. The van der Waals surface area contributed by atoms with Gasteiger partial charge in [-0.05, 0) is 69.0 Å². The maximum atomic E-state index is 12.5. The summed E-state index contributed by atoms with van der Waals surface area (Å²) < 4.78 is 12.6. The van der Waals surface area contributed by atoms with E-state index in [4.69, 9.17) is 19.6 Å². The Balaban J connectivity index is 1.32. The third kappa shape index (κ3) is 3.51. The highest BCUT2D eigenvalue weighted by Gasteiger charge is 2.18. The Kier molecular flexibility index (Phi) is 4.92. The molecule has 1 aliphatic rings. The van der Waals surface area contributed by atoms with Crippen LogP contribution in [0, 0.1) is 27.7 Å². The van der Waals surface area contributed by atoms with Crippen LogP contribution in [0.25, 0.3) is 16.7 Å². The minimum atomic E-state index is -0.0136. The lowest BCUT2D eigenvalue weighted by atomic mass is 10.1. The molecule has 0 atom stereocenters. The number of aromatic nitrogens is 4. The first kappa shape index (κ1) is 20.2. The first-order valence-corrected chi connectivity index (χ1v) is 10.7. The van der Waals surface area contributed by atoms with Gasteiger partial charge in [0.15, 0.2) is 22.8 Å². The van der Waals surface area contributed by atoms with Gasteiger partial charge in [-0.3, -0.25) is 4.79 Å². The van der Waals surface area contributed by atoms with Crippen LogP contribution in [0.4, 0.5) is 0 Å². The first-order chi connectivity index (χ1) is 15.4. The van der Waals surface area contributed by atoms with Gasteiger partial charge in [-0.25, -0.2) is 14.5 Å². The van der Waals surface area contributed by atoms with Gasteiger partial charge in [-0.1, -0.05) is 6.07 Å². The Bertz CT molecular complexity index is 1380. The lowest BCUT2D eigenvalue weighted by Gasteiger charge is -2.11. The third-order valence-electron chi connectivity index (χ3n) is 5.94. The predicted molar refractivity (Wildman–Crippen MR) is 120 cm³/mol. The molecule has 1 aliphatic heterocycles. The summed E-state index contributed by atoms with van der Waals surface area (Å²) in [7, 11) is 0. The maximum absolute atomic E-state index is 12.5. The number of pyridine rings is 1. The summed E-state index contributed by atoms with van der Waals surface area (Å²) in [4.78, 5) is 21.9. The van der Waals surface area contributed by atoms with Gasteiger partial charge >= 0.3 is 0 Å². The van der Waals surface area contributed by atoms with Gasteiger partial charge in [0.2, 0.25) is 12.7 Å². The number of amides is 1. The fourth-order valence-electron chi connectivity index (χ4n) is 4.31. The van der Waals surface area contributed by atoms with Crippen molar-refractivity contribution in [1.82, 2.24) is 24.9 Å². The molecule has 1 aromatic carbocycles. The third-order valence-corrected chi connectivity index (χ3v) is 5.94. The van der Waals surface area contributed by atoms with Crippen LogP contribution in [0.3, 0.4) is 0 Å². The topological polar surface area (TPSA) is 90.6 Å². The molecule has 0 unspecified atom stereocenters. The number of nitrogens with zero attached hydrogens (tertiary/aromatic N) is 4. The van der Waals surface area contributed by atoms with Crippen LogP contribution in [0.2, 0.25) is 0 Å². The minimum absolute atomic E-state index is 0.0136. The molecule has 4 aromatic rings. The lowest BCUT2D eigenvalue weighted by Crippen LogP contribution is -2.23. The summed E-state index contributed by atoms with van der Waals surface area (Å²) in [5.41, 5.74) is 7.49. The van der Waals surface area contributed by atoms with Gasteiger partial charge in [0.25, 0.3) is 0 Å². The van der Waals surface area contributed by atoms with Crippen molar-refractivity contribution < 1.29 is 14.3 Å². The number of carbonyl (C=O) groups excluding carboxylic acids is 1. The van der Waals surface area contributed by atoms with Crippen molar-refractivity contribution in [2.24, 2.45) is 0 Å². The maximum Gasteiger partial charge on any atom is 0.231 e. The van der Waals surface area contributed by atoms with E-state index in [1.54, 1.807) is 0 Å². The number of hydrogen-bond acceptors (Lipinski definition) is 6. The fraction of sp³-hybridized carbons (Fsp3) is 0.333. The van der Waals surface area contributed by atoms with E-state index in [1.165, 1.54) is 0 Å². The number of hydrogen-bond donors (Lipinski definition) is 1. The molecule has 32 heavy (non-hydrogen) atoms. The van der Waals surface area contributed by atoms with E-state index < -0.39 is 0 Å². The fourth-order valence-corrected chi connectivity index (χ4v) is 4.31. The van der Waals surface area contributed by atoms with Crippen molar-refractivity contribution in [3.63, 3.8) is 0 Å². The summed E-state index contributed by atoms with van der Waals surface area (Å²) in [6.45, 7) is 8.72. The zero-order valence-electron chi connectivity index (χ0n) is 18.7. The van der Waals surface area contributed by atoms with Gasteiger partial charge in [-0.15, -0.1) is 5.10 Å². The van der Waals surface area contributed by atoms with Gasteiger partial charge in [0.1, 0.15) is 0 Å². The Morgan fingerprint density at radius 2 is 1.91 bits per heavy atom. The van der Waals surface area contributed by atoms with Gasteiger partial charge < -0.3 is 14.8 Å². The van der Waals surface area contributed by atoms with Crippen molar-refractivity contribution in [3.05, 3.63) is 58.0 Å². The van der Waals surface area contributed by atoms with E-state index >= 15 is 0 Å². The van der Waals surface area contributed by atoms with Crippen molar-refractivity contribution in [2.45, 2.75) is 47.1 Å². The predicted octanol–water partition coefficient (Wildman–Crippen LogP) is 3.49. The average molecular weight is 431 g/mol. The Hall–Kier alpha value is -3.68. The van der Waals surface area contributed by atoms with Crippen LogP contribution in [-0.4, -0.2) is 32.3 Å². The van der Waals surface area contributed by atoms with E-state index in [1.807, 2.05) is 43.5 Å². The smallest absolute Gasteiger partial charge is 0.231 e. The minimum Gasteiger partial charge on any atom is -0.454 e. The number of carbonyl (C=O) groups is 1. The van der Waals surface area contributed by atoms with Crippen LogP contribution >= 0.6 is 0 Å². The molecule has 3 aromatic heterocycles. The number of ether oxygens (including phenoxy) is 2. The highest BCUT2D eigenvalue weighted by Crippen LogP contribution is 2.32. The number of fused-ring (bicyclic) bond motifs is 4. The molecular weight excluding hydrogens is 406 g/mol. The Labute approximate surface area is 185 Å². The molecule has 0 fully saturated rings. The average Bonchev–Trinajstić information content (AvgIpc) is 3.36. The molecule has 0 bridgehead atoms. The molecule has 5 rings (SSSR count). The van der Waals surface area contributed by atoms with Crippen molar-refractivity contribution in [3.8, 4) is 11.5 Å². The SMILES string of the molecule is Cc1cc(C)c2c(n1)nn1c(C)c(CCC(=O)NCc3ccc4c(c3)OCO4)c(C)nc21. The summed E-state index contributed by atoms with van der Waals surface area (Å²) in [6, 6.07) is 7.74. The normalized spacial score (nSPS) is 12.6. The van der Waals surface area contributed by atoms with Crippen molar-refractivity contribution >= 4 is 22.6 Å². The molecule has 8 heteroatoms. The molecule has 1 amide bonds. The Morgan fingerprint density at radius 1 is 1.09 bits per heavy atom. The quantitative estimate of drug-likeness (QED) is 0.520. The Morgan fingerprint density at radius 3 is 2.75 bits per heavy atom.